The molecule has 1 saturated heterocycles. The SMILES string of the molecule is CC1(C)CCCC12CC(=O)OC2=O. The molecule has 0 aromatic rings. The van der Waals surface area contributed by atoms with E-state index >= 15 is 0 Å². The summed E-state index contributed by atoms with van der Waals surface area (Å²) in [5, 5.41) is 0. The second-order valence-electron chi connectivity index (χ2n) is 4.76. The third-order valence-electron chi connectivity index (χ3n) is 3.74. The Labute approximate surface area is 77.4 Å². The third kappa shape index (κ3) is 0.960. The maximum absolute atomic E-state index is 11.6. The first-order chi connectivity index (χ1) is 5.98. The molecule has 0 aromatic carbocycles. The molecule has 3 heteroatoms. The van der Waals surface area contributed by atoms with Crippen molar-refractivity contribution in [3.8, 4) is 0 Å². The van der Waals surface area contributed by atoms with Gasteiger partial charge in [0.2, 0.25) is 0 Å². The molecule has 3 nitrogen and oxygen atoms in total. The molecule has 1 aliphatic heterocycles. The normalized spacial score (nSPS) is 37.1. The van der Waals surface area contributed by atoms with Gasteiger partial charge in [0.1, 0.15) is 0 Å². The molecule has 0 amide bonds. The van der Waals surface area contributed by atoms with Gasteiger partial charge in [-0.3, -0.25) is 9.59 Å². The molecule has 0 bridgehead atoms. The average Bonchev–Trinajstić information content (AvgIpc) is 2.40. The quantitative estimate of drug-likeness (QED) is 0.422. The number of ether oxygens (including phenoxy) is 1. The van der Waals surface area contributed by atoms with E-state index in [1.807, 2.05) is 0 Å². The first kappa shape index (κ1) is 8.73. The molecule has 1 aliphatic carbocycles. The number of rotatable bonds is 0. The Morgan fingerprint density at radius 1 is 1.23 bits per heavy atom. The summed E-state index contributed by atoms with van der Waals surface area (Å²) in [5.41, 5.74) is -0.569. The minimum atomic E-state index is -0.496. The Morgan fingerprint density at radius 3 is 2.31 bits per heavy atom. The Balaban J connectivity index is 2.40. The number of hydrogen-bond acceptors (Lipinski definition) is 3. The first-order valence-electron chi connectivity index (χ1n) is 4.73. The van der Waals surface area contributed by atoms with E-state index in [4.69, 9.17) is 0 Å². The van der Waals surface area contributed by atoms with Gasteiger partial charge in [-0.2, -0.15) is 0 Å². The zero-order chi connectivity index (χ0) is 9.69. The molecular formula is C10H14O3. The van der Waals surface area contributed by atoms with Gasteiger partial charge >= 0.3 is 11.9 Å². The second kappa shape index (κ2) is 2.34. The van der Waals surface area contributed by atoms with Crippen LogP contribution in [0.3, 0.4) is 0 Å². The van der Waals surface area contributed by atoms with Gasteiger partial charge < -0.3 is 4.74 Å². The van der Waals surface area contributed by atoms with Crippen molar-refractivity contribution in [1.29, 1.82) is 0 Å². The van der Waals surface area contributed by atoms with E-state index in [1.165, 1.54) is 0 Å². The van der Waals surface area contributed by atoms with Crippen LogP contribution in [0.4, 0.5) is 0 Å². The van der Waals surface area contributed by atoms with Crippen LogP contribution in [0.2, 0.25) is 0 Å². The van der Waals surface area contributed by atoms with Gasteiger partial charge in [0, 0.05) is 0 Å². The maximum atomic E-state index is 11.6. The topological polar surface area (TPSA) is 43.4 Å². The molecule has 13 heavy (non-hydrogen) atoms. The van der Waals surface area contributed by atoms with E-state index < -0.39 is 5.41 Å². The molecule has 1 heterocycles. The number of esters is 2. The van der Waals surface area contributed by atoms with Gasteiger partial charge in [-0.1, -0.05) is 20.3 Å². The van der Waals surface area contributed by atoms with Crippen LogP contribution in [0.15, 0.2) is 0 Å². The van der Waals surface area contributed by atoms with Crippen LogP contribution >= 0.6 is 0 Å². The molecule has 0 radical (unpaired) electrons. The Hall–Kier alpha value is -0.860. The monoisotopic (exact) mass is 182 g/mol. The number of hydrogen-bond donors (Lipinski definition) is 0. The largest absolute Gasteiger partial charge is 0.393 e. The van der Waals surface area contributed by atoms with Gasteiger partial charge in [0.25, 0.3) is 0 Å². The van der Waals surface area contributed by atoms with Crippen LogP contribution in [-0.4, -0.2) is 11.9 Å². The summed E-state index contributed by atoms with van der Waals surface area (Å²) in [6.45, 7) is 4.11. The molecule has 72 valence electrons. The lowest BCUT2D eigenvalue weighted by atomic mass is 9.67. The van der Waals surface area contributed by atoms with Crippen molar-refractivity contribution in [3.63, 3.8) is 0 Å². The van der Waals surface area contributed by atoms with Crippen LogP contribution in [0.25, 0.3) is 0 Å². The van der Waals surface area contributed by atoms with Crippen LogP contribution in [-0.2, 0) is 14.3 Å². The fourth-order valence-corrected chi connectivity index (χ4v) is 2.67. The number of cyclic esters (lactones) is 2. The highest BCUT2D eigenvalue weighted by Crippen LogP contribution is 2.57. The lowest BCUT2D eigenvalue weighted by Crippen LogP contribution is -2.36. The Bertz CT molecular complexity index is 280. The fraction of sp³-hybridized carbons (Fsp3) is 0.800. The molecule has 1 atom stereocenters. The fourth-order valence-electron chi connectivity index (χ4n) is 2.67. The first-order valence-corrected chi connectivity index (χ1v) is 4.73. The molecule has 2 aliphatic rings. The molecule has 0 N–H and O–H groups in total. The maximum Gasteiger partial charge on any atom is 0.320 e. The number of carbonyl (C=O) groups is 2. The van der Waals surface area contributed by atoms with Gasteiger partial charge in [0.15, 0.2) is 0 Å². The third-order valence-corrected chi connectivity index (χ3v) is 3.74. The summed E-state index contributed by atoms with van der Waals surface area (Å²) < 4.78 is 4.66. The zero-order valence-corrected chi connectivity index (χ0v) is 8.05. The van der Waals surface area contributed by atoms with E-state index in [-0.39, 0.29) is 17.4 Å². The highest BCUT2D eigenvalue weighted by molar-refractivity contribution is 5.98. The van der Waals surface area contributed by atoms with E-state index in [0.29, 0.717) is 6.42 Å². The minimum absolute atomic E-state index is 0.0732. The molecule has 2 rings (SSSR count). The lowest BCUT2D eigenvalue weighted by Gasteiger charge is -2.33. The van der Waals surface area contributed by atoms with E-state index in [0.717, 1.165) is 19.3 Å². The lowest BCUT2D eigenvalue weighted by molar-refractivity contribution is -0.157. The van der Waals surface area contributed by atoms with Crippen molar-refractivity contribution in [2.45, 2.75) is 39.5 Å². The summed E-state index contributed by atoms with van der Waals surface area (Å²) in [7, 11) is 0. The van der Waals surface area contributed by atoms with Gasteiger partial charge in [0.05, 0.1) is 11.8 Å². The van der Waals surface area contributed by atoms with Crippen molar-refractivity contribution in [3.05, 3.63) is 0 Å². The van der Waals surface area contributed by atoms with Crippen molar-refractivity contribution in [2.24, 2.45) is 10.8 Å². The molecule has 2 fully saturated rings. The smallest absolute Gasteiger partial charge is 0.320 e. The van der Waals surface area contributed by atoms with Crippen LogP contribution in [0.5, 0.6) is 0 Å². The molecule has 1 spiro atoms. The van der Waals surface area contributed by atoms with Crippen molar-refractivity contribution >= 4 is 11.9 Å². The summed E-state index contributed by atoms with van der Waals surface area (Å²) in [4.78, 5) is 22.6. The highest BCUT2D eigenvalue weighted by Gasteiger charge is 2.60. The second-order valence-corrected chi connectivity index (χ2v) is 4.76. The van der Waals surface area contributed by atoms with Crippen LogP contribution in [0.1, 0.15) is 39.5 Å². The average molecular weight is 182 g/mol. The standard InChI is InChI=1S/C10H14O3/c1-9(2)4-3-5-10(9)6-7(11)13-8(10)12/h3-6H2,1-2H3. The van der Waals surface area contributed by atoms with E-state index in [2.05, 4.69) is 18.6 Å². The Kier molecular flexibility index (Phi) is 1.57. The molecule has 1 saturated carbocycles. The zero-order valence-electron chi connectivity index (χ0n) is 8.05. The Morgan fingerprint density at radius 2 is 1.92 bits per heavy atom. The minimum Gasteiger partial charge on any atom is -0.393 e. The van der Waals surface area contributed by atoms with Gasteiger partial charge in [-0.05, 0) is 18.3 Å². The summed E-state index contributed by atoms with van der Waals surface area (Å²) in [6.07, 6.45) is 3.13. The summed E-state index contributed by atoms with van der Waals surface area (Å²) in [6, 6.07) is 0. The summed E-state index contributed by atoms with van der Waals surface area (Å²) >= 11 is 0. The van der Waals surface area contributed by atoms with Gasteiger partial charge in [-0.15, -0.1) is 0 Å². The molecular weight excluding hydrogens is 168 g/mol. The predicted octanol–water partition coefficient (Wildman–Crippen LogP) is 1.66. The number of carbonyl (C=O) groups excluding carboxylic acids is 2. The van der Waals surface area contributed by atoms with Crippen molar-refractivity contribution in [1.82, 2.24) is 0 Å². The van der Waals surface area contributed by atoms with Crippen LogP contribution in [0, 0.1) is 10.8 Å². The van der Waals surface area contributed by atoms with Crippen LogP contribution < -0.4 is 0 Å². The van der Waals surface area contributed by atoms with E-state index in [9.17, 15) is 9.59 Å². The van der Waals surface area contributed by atoms with Crippen molar-refractivity contribution in [2.75, 3.05) is 0 Å². The van der Waals surface area contributed by atoms with Gasteiger partial charge in [-0.25, -0.2) is 0 Å². The molecule has 1 unspecified atom stereocenters. The molecule has 0 aromatic heterocycles. The highest BCUT2D eigenvalue weighted by atomic mass is 16.6. The summed E-state index contributed by atoms with van der Waals surface area (Å²) in [5.74, 6) is -0.639. The van der Waals surface area contributed by atoms with E-state index in [1.54, 1.807) is 0 Å². The predicted molar refractivity (Wildman–Crippen MR) is 45.8 cm³/mol. The van der Waals surface area contributed by atoms with Crippen molar-refractivity contribution < 1.29 is 14.3 Å².